The number of sulfonamides is 1. The highest BCUT2D eigenvalue weighted by Gasteiger charge is 2.26. The number of carbonyl (C=O) groups excluding carboxylic acids is 1. The first-order valence-electron chi connectivity index (χ1n) is 9.81. The van der Waals surface area contributed by atoms with Gasteiger partial charge in [0.15, 0.2) is 11.5 Å². The van der Waals surface area contributed by atoms with Crippen molar-refractivity contribution in [1.29, 1.82) is 0 Å². The van der Waals surface area contributed by atoms with Crippen molar-refractivity contribution in [3.8, 4) is 11.5 Å². The van der Waals surface area contributed by atoms with Gasteiger partial charge in [0.1, 0.15) is 13.2 Å². The number of carbonyl (C=O) groups is 1. The summed E-state index contributed by atoms with van der Waals surface area (Å²) in [6.45, 7) is 2.62. The molecule has 8 heteroatoms. The molecule has 1 amide bonds. The Bertz CT molecular complexity index is 983. The van der Waals surface area contributed by atoms with Crippen molar-refractivity contribution < 1.29 is 22.7 Å². The van der Waals surface area contributed by atoms with Gasteiger partial charge in [-0.1, -0.05) is 12.1 Å². The molecular formula is C21H24N2O5S. The third kappa shape index (κ3) is 4.38. The number of nitrogens with one attached hydrogen (secondary N) is 1. The molecule has 0 atom stereocenters. The lowest BCUT2D eigenvalue weighted by atomic mass is 10.1. The summed E-state index contributed by atoms with van der Waals surface area (Å²) in [5, 5.41) is 2.88. The average molecular weight is 416 g/mol. The molecule has 2 aliphatic rings. The molecule has 2 aromatic rings. The van der Waals surface area contributed by atoms with Crippen LogP contribution in [0.3, 0.4) is 0 Å². The van der Waals surface area contributed by atoms with Crippen LogP contribution in [0, 0.1) is 0 Å². The molecule has 1 N–H and O–H groups in total. The molecule has 0 saturated carbocycles. The monoisotopic (exact) mass is 416 g/mol. The Morgan fingerprint density at radius 2 is 1.66 bits per heavy atom. The lowest BCUT2D eigenvalue weighted by Crippen LogP contribution is -2.28. The Labute approximate surface area is 170 Å². The highest BCUT2D eigenvalue weighted by atomic mass is 32.2. The van der Waals surface area contributed by atoms with E-state index in [1.54, 1.807) is 42.5 Å². The van der Waals surface area contributed by atoms with Gasteiger partial charge in [-0.05, 0) is 55.2 Å². The standard InChI is InChI=1S/C21H24N2O5S/c24-21(17-5-8-19-20(15-17)28-14-13-27-19)22-10-9-16-3-6-18(7-4-16)29(25,26)23-11-1-2-12-23/h3-8,15H,1-2,9-14H2,(H,22,24). The predicted molar refractivity (Wildman–Crippen MR) is 108 cm³/mol. The van der Waals surface area contributed by atoms with Gasteiger partial charge in [-0.3, -0.25) is 4.79 Å². The van der Waals surface area contributed by atoms with E-state index in [0.29, 0.717) is 61.2 Å². The van der Waals surface area contributed by atoms with Gasteiger partial charge < -0.3 is 14.8 Å². The topological polar surface area (TPSA) is 84.9 Å². The van der Waals surface area contributed by atoms with Crippen molar-refractivity contribution >= 4 is 15.9 Å². The summed E-state index contributed by atoms with van der Waals surface area (Å²) in [5.74, 6) is 1.05. The minimum absolute atomic E-state index is 0.185. The number of rotatable bonds is 6. The van der Waals surface area contributed by atoms with Crippen molar-refractivity contribution in [3.05, 3.63) is 53.6 Å². The van der Waals surface area contributed by atoms with Crippen molar-refractivity contribution in [3.63, 3.8) is 0 Å². The summed E-state index contributed by atoms with van der Waals surface area (Å²) < 4.78 is 37.6. The molecule has 0 aromatic heterocycles. The number of ether oxygens (including phenoxy) is 2. The summed E-state index contributed by atoms with van der Waals surface area (Å²) in [4.78, 5) is 12.7. The Kier molecular flexibility index (Phi) is 5.73. The molecule has 154 valence electrons. The summed E-state index contributed by atoms with van der Waals surface area (Å²) in [6.07, 6.45) is 2.45. The third-order valence-corrected chi connectivity index (χ3v) is 7.04. The van der Waals surface area contributed by atoms with E-state index in [-0.39, 0.29) is 5.91 Å². The van der Waals surface area contributed by atoms with Gasteiger partial charge >= 0.3 is 0 Å². The molecular weight excluding hydrogens is 392 g/mol. The fourth-order valence-electron chi connectivity index (χ4n) is 3.51. The van der Waals surface area contributed by atoms with Crippen molar-refractivity contribution in [2.45, 2.75) is 24.2 Å². The molecule has 2 aliphatic heterocycles. The molecule has 2 aromatic carbocycles. The molecule has 2 heterocycles. The molecule has 0 radical (unpaired) electrons. The van der Waals surface area contributed by atoms with Crippen LogP contribution in [0.2, 0.25) is 0 Å². The first-order chi connectivity index (χ1) is 14.0. The molecule has 0 bridgehead atoms. The molecule has 1 fully saturated rings. The minimum atomic E-state index is -3.39. The van der Waals surface area contributed by atoms with Crippen LogP contribution < -0.4 is 14.8 Å². The zero-order valence-corrected chi connectivity index (χ0v) is 16.9. The van der Waals surface area contributed by atoms with Crippen LogP contribution in [0.5, 0.6) is 11.5 Å². The average Bonchev–Trinajstić information content (AvgIpc) is 3.29. The highest BCUT2D eigenvalue weighted by Crippen LogP contribution is 2.30. The van der Waals surface area contributed by atoms with Crippen LogP contribution >= 0.6 is 0 Å². The molecule has 0 unspecified atom stereocenters. The van der Waals surface area contributed by atoms with Gasteiger partial charge in [-0.25, -0.2) is 8.42 Å². The van der Waals surface area contributed by atoms with Crippen LogP contribution in [0.25, 0.3) is 0 Å². The van der Waals surface area contributed by atoms with E-state index in [1.807, 2.05) is 0 Å². The maximum absolute atomic E-state index is 12.6. The fraction of sp³-hybridized carbons (Fsp3) is 0.381. The molecule has 1 saturated heterocycles. The highest BCUT2D eigenvalue weighted by molar-refractivity contribution is 7.89. The first-order valence-corrected chi connectivity index (χ1v) is 11.2. The van der Waals surface area contributed by atoms with E-state index in [1.165, 1.54) is 4.31 Å². The zero-order chi connectivity index (χ0) is 20.3. The van der Waals surface area contributed by atoms with E-state index in [2.05, 4.69) is 5.32 Å². The van der Waals surface area contributed by atoms with Gasteiger partial charge in [0.2, 0.25) is 10.0 Å². The first kappa shape index (κ1) is 19.7. The lowest BCUT2D eigenvalue weighted by molar-refractivity contribution is 0.0953. The maximum Gasteiger partial charge on any atom is 0.251 e. The largest absolute Gasteiger partial charge is 0.486 e. The molecule has 4 rings (SSSR count). The summed E-state index contributed by atoms with van der Waals surface area (Å²) in [7, 11) is -3.39. The Morgan fingerprint density at radius 3 is 2.38 bits per heavy atom. The van der Waals surface area contributed by atoms with Gasteiger partial charge in [0.05, 0.1) is 4.90 Å². The number of hydrogen-bond donors (Lipinski definition) is 1. The van der Waals surface area contributed by atoms with E-state index >= 15 is 0 Å². The van der Waals surface area contributed by atoms with Crippen LogP contribution in [0.4, 0.5) is 0 Å². The third-order valence-electron chi connectivity index (χ3n) is 5.13. The second-order valence-corrected chi connectivity index (χ2v) is 9.06. The SMILES string of the molecule is O=C(NCCc1ccc(S(=O)(=O)N2CCCC2)cc1)c1ccc2c(c1)OCCO2. The normalized spacial score (nSPS) is 16.6. The van der Waals surface area contributed by atoms with E-state index < -0.39 is 10.0 Å². The van der Waals surface area contributed by atoms with Crippen LogP contribution in [-0.4, -0.2) is 51.5 Å². The van der Waals surface area contributed by atoms with E-state index in [9.17, 15) is 13.2 Å². The Hall–Kier alpha value is -2.58. The van der Waals surface area contributed by atoms with Gasteiger partial charge in [-0.2, -0.15) is 4.31 Å². The number of amides is 1. The molecule has 29 heavy (non-hydrogen) atoms. The maximum atomic E-state index is 12.6. The minimum Gasteiger partial charge on any atom is -0.486 e. The number of nitrogens with zero attached hydrogens (tertiary/aromatic N) is 1. The van der Waals surface area contributed by atoms with Crippen LogP contribution in [0.1, 0.15) is 28.8 Å². The zero-order valence-electron chi connectivity index (χ0n) is 16.1. The van der Waals surface area contributed by atoms with Crippen molar-refractivity contribution in [2.24, 2.45) is 0 Å². The summed E-state index contributed by atoms with van der Waals surface area (Å²) in [6, 6.07) is 12.0. The second-order valence-electron chi connectivity index (χ2n) is 7.12. The Balaban J connectivity index is 1.32. The van der Waals surface area contributed by atoms with Crippen LogP contribution in [-0.2, 0) is 16.4 Å². The van der Waals surface area contributed by atoms with Gasteiger partial charge in [0, 0.05) is 25.2 Å². The van der Waals surface area contributed by atoms with Gasteiger partial charge in [0.25, 0.3) is 5.91 Å². The summed E-state index contributed by atoms with van der Waals surface area (Å²) in [5.41, 5.74) is 1.48. The van der Waals surface area contributed by atoms with Crippen LogP contribution in [0.15, 0.2) is 47.4 Å². The number of benzene rings is 2. The van der Waals surface area contributed by atoms with Crippen molar-refractivity contribution in [1.82, 2.24) is 9.62 Å². The quantitative estimate of drug-likeness (QED) is 0.781. The molecule has 0 spiro atoms. The number of hydrogen-bond acceptors (Lipinski definition) is 5. The molecule has 0 aliphatic carbocycles. The van der Waals surface area contributed by atoms with Gasteiger partial charge in [-0.15, -0.1) is 0 Å². The van der Waals surface area contributed by atoms with E-state index in [4.69, 9.17) is 9.47 Å². The molecule has 7 nitrogen and oxygen atoms in total. The fourth-order valence-corrected chi connectivity index (χ4v) is 5.03. The second kappa shape index (κ2) is 8.42. The number of fused-ring (bicyclic) bond motifs is 1. The van der Waals surface area contributed by atoms with Crippen molar-refractivity contribution in [2.75, 3.05) is 32.8 Å². The van der Waals surface area contributed by atoms with E-state index in [0.717, 1.165) is 18.4 Å². The lowest BCUT2D eigenvalue weighted by Gasteiger charge is -2.18. The summed E-state index contributed by atoms with van der Waals surface area (Å²) >= 11 is 0. The predicted octanol–water partition coefficient (Wildman–Crippen LogP) is 2.21. The Morgan fingerprint density at radius 1 is 0.966 bits per heavy atom. The smallest absolute Gasteiger partial charge is 0.251 e.